The number of esters is 3. The summed E-state index contributed by atoms with van der Waals surface area (Å²) in [4.78, 5) is 38.1. The van der Waals surface area contributed by atoms with Crippen LogP contribution in [-0.2, 0) is 28.6 Å². The van der Waals surface area contributed by atoms with E-state index < -0.39 is 6.10 Å². The number of hydrogen-bond acceptors (Lipinski definition) is 6. The van der Waals surface area contributed by atoms with Gasteiger partial charge in [-0.1, -0.05) is 236 Å². The zero-order valence-electron chi connectivity index (χ0n) is 43.0. The van der Waals surface area contributed by atoms with Gasteiger partial charge in [0.1, 0.15) is 13.2 Å². The average Bonchev–Trinajstić information content (AvgIpc) is 3.30. The van der Waals surface area contributed by atoms with Crippen molar-refractivity contribution in [2.24, 2.45) is 0 Å². The summed E-state index contributed by atoms with van der Waals surface area (Å²) < 4.78 is 16.8. The molecule has 0 radical (unpaired) electrons. The molecule has 0 spiro atoms. The highest BCUT2D eigenvalue weighted by Crippen LogP contribution is 2.16. The molecule has 0 aliphatic carbocycles. The molecule has 65 heavy (non-hydrogen) atoms. The Labute approximate surface area is 402 Å². The largest absolute Gasteiger partial charge is 0.462 e. The molecule has 0 aliphatic heterocycles. The third-order valence-electron chi connectivity index (χ3n) is 12.0. The quantitative estimate of drug-likeness (QED) is 0.0262. The fraction of sp³-hybridized carbons (Fsp3) is 0.780. The highest BCUT2D eigenvalue weighted by molar-refractivity contribution is 5.71. The molecule has 0 bridgehead atoms. The van der Waals surface area contributed by atoms with Crippen LogP contribution in [0, 0.1) is 0 Å². The minimum atomic E-state index is -0.784. The van der Waals surface area contributed by atoms with Gasteiger partial charge in [-0.2, -0.15) is 0 Å². The summed E-state index contributed by atoms with van der Waals surface area (Å²) in [6.45, 7) is 6.50. The van der Waals surface area contributed by atoms with Crippen molar-refractivity contribution >= 4 is 17.9 Å². The molecular formula is C59H104O6. The molecule has 0 unspecified atom stereocenters. The number of hydrogen-bond donors (Lipinski definition) is 0. The predicted molar refractivity (Wildman–Crippen MR) is 279 cm³/mol. The first kappa shape index (κ1) is 62.1. The lowest BCUT2D eigenvalue weighted by molar-refractivity contribution is -0.167. The summed E-state index contributed by atoms with van der Waals surface area (Å²) in [5.41, 5.74) is 0. The highest BCUT2D eigenvalue weighted by Gasteiger charge is 2.19. The van der Waals surface area contributed by atoms with Crippen molar-refractivity contribution in [3.05, 3.63) is 60.8 Å². The molecule has 0 N–H and O–H groups in total. The molecule has 1 atom stereocenters. The average molecular weight is 909 g/mol. The Balaban J connectivity index is 4.40. The maximum atomic E-state index is 12.8. The monoisotopic (exact) mass is 909 g/mol. The van der Waals surface area contributed by atoms with E-state index in [4.69, 9.17) is 14.2 Å². The van der Waals surface area contributed by atoms with E-state index in [1.54, 1.807) is 0 Å². The number of allylic oxidation sites excluding steroid dienone is 10. The van der Waals surface area contributed by atoms with Gasteiger partial charge in [0, 0.05) is 19.3 Å². The van der Waals surface area contributed by atoms with Gasteiger partial charge in [-0.3, -0.25) is 14.4 Å². The third-order valence-corrected chi connectivity index (χ3v) is 12.0. The fourth-order valence-corrected chi connectivity index (χ4v) is 7.84. The Morgan fingerprint density at radius 2 is 0.600 bits per heavy atom. The summed E-state index contributed by atoms with van der Waals surface area (Å²) in [7, 11) is 0. The van der Waals surface area contributed by atoms with Crippen LogP contribution < -0.4 is 0 Å². The maximum Gasteiger partial charge on any atom is 0.306 e. The van der Waals surface area contributed by atoms with Gasteiger partial charge >= 0.3 is 17.9 Å². The van der Waals surface area contributed by atoms with E-state index in [9.17, 15) is 14.4 Å². The molecule has 0 aromatic carbocycles. The Bertz CT molecular complexity index is 1180. The van der Waals surface area contributed by atoms with Crippen molar-refractivity contribution in [3.63, 3.8) is 0 Å². The fourth-order valence-electron chi connectivity index (χ4n) is 7.84. The molecule has 0 rings (SSSR count). The van der Waals surface area contributed by atoms with Crippen LogP contribution in [0.25, 0.3) is 0 Å². The molecule has 0 heterocycles. The van der Waals surface area contributed by atoms with E-state index >= 15 is 0 Å². The number of carbonyl (C=O) groups excluding carboxylic acids is 3. The first-order chi connectivity index (χ1) is 32.0. The van der Waals surface area contributed by atoms with E-state index in [0.29, 0.717) is 19.3 Å². The Morgan fingerprint density at radius 1 is 0.323 bits per heavy atom. The van der Waals surface area contributed by atoms with E-state index in [-0.39, 0.29) is 31.1 Å². The van der Waals surface area contributed by atoms with Crippen molar-refractivity contribution in [3.8, 4) is 0 Å². The molecule has 0 aromatic rings. The van der Waals surface area contributed by atoms with Crippen LogP contribution in [0.5, 0.6) is 0 Å². The Morgan fingerprint density at radius 3 is 0.969 bits per heavy atom. The first-order valence-corrected chi connectivity index (χ1v) is 27.8. The maximum absolute atomic E-state index is 12.8. The van der Waals surface area contributed by atoms with Gasteiger partial charge in [-0.25, -0.2) is 0 Å². The molecular weight excluding hydrogens is 805 g/mol. The van der Waals surface area contributed by atoms with E-state index in [1.165, 1.54) is 128 Å². The van der Waals surface area contributed by atoms with Crippen LogP contribution in [-0.4, -0.2) is 37.2 Å². The molecule has 0 fully saturated rings. The van der Waals surface area contributed by atoms with Crippen molar-refractivity contribution < 1.29 is 28.6 Å². The zero-order valence-corrected chi connectivity index (χ0v) is 43.0. The smallest absolute Gasteiger partial charge is 0.306 e. The van der Waals surface area contributed by atoms with Gasteiger partial charge in [-0.05, 0) is 83.5 Å². The number of ether oxygens (including phenoxy) is 3. The molecule has 376 valence electrons. The predicted octanol–water partition coefficient (Wildman–Crippen LogP) is 18.4. The summed E-state index contributed by atoms with van der Waals surface area (Å²) in [5.74, 6) is -0.897. The topological polar surface area (TPSA) is 78.9 Å². The Kier molecular flexibility index (Phi) is 51.3. The van der Waals surface area contributed by atoms with Crippen LogP contribution in [0.1, 0.15) is 278 Å². The lowest BCUT2D eigenvalue weighted by Crippen LogP contribution is -2.30. The lowest BCUT2D eigenvalue weighted by atomic mass is 10.0. The van der Waals surface area contributed by atoms with Crippen LogP contribution in [0.4, 0.5) is 0 Å². The Hall–Kier alpha value is -2.89. The van der Waals surface area contributed by atoms with Crippen LogP contribution in [0.3, 0.4) is 0 Å². The number of carbonyl (C=O) groups is 3. The highest BCUT2D eigenvalue weighted by atomic mass is 16.6. The molecule has 0 aromatic heterocycles. The lowest BCUT2D eigenvalue weighted by Gasteiger charge is -2.18. The minimum absolute atomic E-state index is 0.0816. The molecule has 0 aliphatic rings. The van der Waals surface area contributed by atoms with Gasteiger partial charge in [0.25, 0.3) is 0 Å². The molecule has 6 nitrogen and oxygen atoms in total. The SMILES string of the molecule is CC/C=C\C/C=C\C/C=C\CCCCCCCC(=O)O[C@@H](COC(=O)CCCCCCCCC/C=C\C/C=C\CCCCC)COC(=O)CCCCCCCCCCCCCCCCC. The summed E-state index contributed by atoms with van der Waals surface area (Å²) in [5, 5.41) is 0. The second-order valence-corrected chi connectivity index (χ2v) is 18.5. The van der Waals surface area contributed by atoms with Gasteiger partial charge in [0.15, 0.2) is 6.10 Å². The minimum Gasteiger partial charge on any atom is -0.462 e. The van der Waals surface area contributed by atoms with Crippen LogP contribution in [0.2, 0.25) is 0 Å². The normalized spacial score (nSPS) is 12.5. The van der Waals surface area contributed by atoms with E-state index in [1.807, 2.05) is 0 Å². The van der Waals surface area contributed by atoms with Gasteiger partial charge in [0.2, 0.25) is 0 Å². The standard InChI is InChI=1S/C59H104O6/c1-4-7-10-13-16-19-22-25-28-29-32-34-37-40-43-46-49-52-58(61)64-55-56(65-59(62)53-50-47-44-41-38-35-31-27-24-21-18-15-12-9-6-3)54-63-57(60)51-48-45-42-39-36-33-30-26-23-20-17-14-11-8-5-2/h9,12,16,18-19,21,25,27-28,31,56H,4-8,10-11,13-15,17,20,22-24,26,29-30,32-55H2,1-3H3/b12-9-,19-16-,21-18-,28-25-,31-27-/t56-/m1/s1. The van der Waals surface area contributed by atoms with Crippen molar-refractivity contribution in [1.29, 1.82) is 0 Å². The second-order valence-electron chi connectivity index (χ2n) is 18.5. The van der Waals surface area contributed by atoms with Crippen molar-refractivity contribution in [1.82, 2.24) is 0 Å². The first-order valence-electron chi connectivity index (χ1n) is 27.8. The van der Waals surface area contributed by atoms with E-state index in [2.05, 4.69) is 81.5 Å². The van der Waals surface area contributed by atoms with Gasteiger partial charge < -0.3 is 14.2 Å². The second kappa shape index (κ2) is 53.7. The zero-order chi connectivity index (χ0) is 47.2. The summed E-state index contributed by atoms with van der Waals surface area (Å²) in [6.07, 6.45) is 66.3. The molecule has 0 saturated carbocycles. The van der Waals surface area contributed by atoms with Crippen LogP contribution in [0.15, 0.2) is 60.8 Å². The molecule has 0 saturated heterocycles. The number of rotatable bonds is 50. The molecule has 6 heteroatoms. The van der Waals surface area contributed by atoms with Gasteiger partial charge in [0.05, 0.1) is 0 Å². The van der Waals surface area contributed by atoms with Crippen molar-refractivity contribution in [2.45, 2.75) is 284 Å². The summed E-state index contributed by atoms with van der Waals surface area (Å²) >= 11 is 0. The van der Waals surface area contributed by atoms with Gasteiger partial charge in [-0.15, -0.1) is 0 Å². The molecule has 0 amide bonds. The van der Waals surface area contributed by atoms with E-state index in [0.717, 1.165) is 109 Å². The van der Waals surface area contributed by atoms with Crippen LogP contribution >= 0.6 is 0 Å². The van der Waals surface area contributed by atoms with Crippen molar-refractivity contribution in [2.75, 3.05) is 13.2 Å². The number of unbranched alkanes of at least 4 members (excludes halogenated alkanes) is 29. The summed E-state index contributed by atoms with van der Waals surface area (Å²) in [6, 6.07) is 0. The third kappa shape index (κ3) is 51.9.